The van der Waals surface area contributed by atoms with Crippen molar-refractivity contribution in [3.63, 3.8) is 0 Å². The molecule has 3 aromatic carbocycles. The normalized spacial score (nSPS) is 14.2. The van der Waals surface area contributed by atoms with Crippen LogP contribution >= 0.6 is 11.8 Å². The summed E-state index contributed by atoms with van der Waals surface area (Å²) in [5.41, 5.74) is 2.95. The van der Waals surface area contributed by atoms with Gasteiger partial charge in [0.05, 0.1) is 16.8 Å². The molecule has 0 saturated carbocycles. The second kappa shape index (κ2) is 8.51. The molecule has 33 heavy (non-hydrogen) atoms. The lowest BCUT2D eigenvalue weighted by atomic mass is 10.0. The molecular formula is C24H18FN4O3S+. The summed E-state index contributed by atoms with van der Waals surface area (Å²) in [4.78, 5) is 27.2. The second-order valence-electron chi connectivity index (χ2n) is 7.45. The van der Waals surface area contributed by atoms with Crippen molar-refractivity contribution in [1.82, 2.24) is 10.1 Å². The van der Waals surface area contributed by atoms with Crippen molar-refractivity contribution in [2.75, 3.05) is 5.32 Å². The topological polar surface area (TPSA) is 99.0 Å². The molecular weight excluding hydrogens is 443 g/mol. The van der Waals surface area contributed by atoms with Gasteiger partial charge >= 0.3 is 17.2 Å². The van der Waals surface area contributed by atoms with Gasteiger partial charge in [0, 0.05) is 16.4 Å². The number of anilines is 1. The third kappa shape index (κ3) is 3.98. The van der Waals surface area contributed by atoms with Crippen LogP contribution in [0.3, 0.4) is 0 Å². The van der Waals surface area contributed by atoms with Crippen molar-refractivity contribution < 1.29 is 19.0 Å². The Morgan fingerprint density at radius 2 is 1.79 bits per heavy atom. The number of thioether (sulfide) groups is 1. The Kier molecular flexibility index (Phi) is 5.39. The summed E-state index contributed by atoms with van der Waals surface area (Å²) in [6.45, 7) is 0. The van der Waals surface area contributed by atoms with Gasteiger partial charge in [0.1, 0.15) is 5.82 Å². The highest BCUT2D eigenvalue weighted by Gasteiger charge is 2.37. The molecule has 1 aromatic heterocycles. The van der Waals surface area contributed by atoms with E-state index < -0.39 is 12.1 Å². The molecule has 2 heterocycles. The predicted molar refractivity (Wildman–Crippen MR) is 122 cm³/mol. The molecule has 1 aliphatic rings. The molecule has 0 unspecified atom stereocenters. The van der Waals surface area contributed by atoms with E-state index in [0.717, 1.165) is 11.3 Å². The number of aromatic carboxylic acids is 1. The number of nitrogens with zero attached hydrogens (tertiary/aromatic N) is 2. The maximum Gasteiger partial charge on any atom is 0.335 e. The average Bonchev–Trinajstić information content (AvgIpc) is 2.83. The van der Waals surface area contributed by atoms with Gasteiger partial charge in [0.15, 0.2) is 0 Å². The molecule has 0 bridgehead atoms. The summed E-state index contributed by atoms with van der Waals surface area (Å²) in [6, 6.07) is 20.3. The Hall–Kier alpha value is -3.98. The molecule has 1 atom stereocenters. The third-order valence-corrected chi connectivity index (χ3v) is 6.29. The number of aromatic nitrogens is 3. The summed E-state index contributed by atoms with van der Waals surface area (Å²) in [7, 11) is 0. The van der Waals surface area contributed by atoms with Crippen LogP contribution in [-0.4, -0.2) is 21.2 Å². The molecule has 0 saturated heterocycles. The largest absolute Gasteiger partial charge is 0.478 e. The van der Waals surface area contributed by atoms with Crippen LogP contribution < -0.4 is 15.6 Å². The molecule has 0 aliphatic carbocycles. The number of H-pyrrole nitrogens is 1. The zero-order valence-corrected chi connectivity index (χ0v) is 18.0. The van der Waals surface area contributed by atoms with Gasteiger partial charge in [0.2, 0.25) is 5.16 Å². The number of carboxylic acids is 1. The van der Waals surface area contributed by atoms with E-state index in [2.05, 4.69) is 15.4 Å². The van der Waals surface area contributed by atoms with Gasteiger partial charge in [-0.15, -0.1) is 0 Å². The highest BCUT2D eigenvalue weighted by molar-refractivity contribution is 7.98. The highest BCUT2D eigenvalue weighted by Crippen LogP contribution is 2.32. The molecule has 4 aromatic rings. The van der Waals surface area contributed by atoms with Crippen LogP contribution in [-0.2, 0) is 5.75 Å². The Morgan fingerprint density at radius 1 is 1.06 bits per heavy atom. The number of hydrogen-bond donors (Lipinski definition) is 3. The number of nitrogens with one attached hydrogen (secondary N) is 2. The number of carbonyl (C=O) groups is 1. The van der Waals surface area contributed by atoms with E-state index in [-0.39, 0.29) is 16.9 Å². The smallest absolute Gasteiger partial charge is 0.335 e. The minimum Gasteiger partial charge on any atom is -0.478 e. The number of fused-ring (bicyclic) bond motifs is 3. The first kappa shape index (κ1) is 20.9. The fourth-order valence-electron chi connectivity index (χ4n) is 3.75. The van der Waals surface area contributed by atoms with Gasteiger partial charge in [0.25, 0.3) is 6.17 Å². The van der Waals surface area contributed by atoms with Crippen molar-refractivity contribution in [3.05, 3.63) is 106 Å². The van der Waals surface area contributed by atoms with E-state index in [1.54, 1.807) is 35.0 Å². The van der Waals surface area contributed by atoms with Crippen molar-refractivity contribution in [2.45, 2.75) is 17.1 Å². The van der Waals surface area contributed by atoms with E-state index in [0.29, 0.717) is 27.7 Å². The molecule has 0 radical (unpaired) electrons. The molecule has 1 aliphatic heterocycles. The van der Waals surface area contributed by atoms with E-state index in [9.17, 15) is 19.1 Å². The fraction of sp³-hybridized carbons (Fsp3) is 0.0833. The predicted octanol–water partition coefficient (Wildman–Crippen LogP) is 3.83. The van der Waals surface area contributed by atoms with Gasteiger partial charge in [-0.3, -0.25) is 9.78 Å². The zero-order chi connectivity index (χ0) is 22.9. The molecule has 0 spiro atoms. The first-order chi connectivity index (χ1) is 16.0. The third-order valence-electron chi connectivity index (χ3n) is 5.38. The minimum atomic E-state index is -1.02. The quantitative estimate of drug-likeness (QED) is 0.309. The van der Waals surface area contributed by atoms with Crippen LogP contribution in [0.2, 0.25) is 0 Å². The summed E-state index contributed by atoms with van der Waals surface area (Å²) >= 11 is 1.23. The van der Waals surface area contributed by atoms with Crippen molar-refractivity contribution >= 4 is 23.4 Å². The Balaban J connectivity index is 1.58. The van der Waals surface area contributed by atoms with Crippen LogP contribution in [0.4, 0.5) is 10.1 Å². The van der Waals surface area contributed by atoms with E-state index in [4.69, 9.17) is 0 Å². The van der Waals surface area contributed by atoms with Crippen molar-refractivity contribution in [3.8, 4) is 11.3 Å². The standard InChI is InChI=1S/C24H17FN4O3S/c25-18-7-3-1-5-16(18)13-33-24-27-22(30)20-17-6-2-4-8-19(17)26-21(29(20)28-24)14-9-11-15(12-10-14)23(31)32/h1-12,21H,13H2,(H2,27,28,30,31,32)/p+1/t21-/m0/s1. The molecule has 0 fully saturated rings. The minimum absolute atomic E-state index is 0.167. The first-order valence-electron chi connectivity index (χ1n) is 10.1. The van der Waals surface area contributed by atoms with Crippen LogP contribution in [0.1, 0.15) is 27.7 Å². The lowest BCUT2D eigenvalue weighted by molar-refractivity contribution is -0.759. The monoisotopic (exact) mass is 461 g/mol. The molecule has 9 heteroatoms. The highest BCUT2D eigenvalue weighted by atomic mass is 32.2. The Labute approximate surface area is 191 Å². The van der Waals surface area contributed by atoms with Crippen molar-refractivity contribution in [1.29, 1.82) is 0 Å². The molecule has 0 amide bonds. The number of aromatic amines is 1. The first-order valence-corrected chi connectivity index (χ1v) is 11.1. The SMILES string of the molecule is O=C(O)c1ccc([C@H]2Nc3ccccc3-c3c(=O)[nH]c(SCc4ccccc4F)n[n+]32)cc1. The van der Waals surface area contributed by atoms with Crippen LogP contribution in [0.15, 0.2) is 82.7 Å². The second-order valence-corrected chi connectivity index (χ2v) is 8.42. The van der Waals surface area contributed by atoms with E-state index in [1.807, 2.05) is 24.3 Å². The van der Waals surface area contributed by atoms with Gasteiger partial charge in [-0.25, -0.2) is 9.18 Å². The zero-order valence-electron chi connectivity index (χ0n) is 17.2. The summed E-state index contributed by atoms with van der Waals surface area (Å²) < 4.78 is 15.6. The van der Waals surface area contributed by atoms with Crippen LogP contribution in [0.5, 0.6) is 0 Å². The number of rotatable bonds is 5. The lowest BCUT2D eigenvalue weighted by Gasteiger charge is -2.22. The average molecular weight is 461 g/mol. The maximum absolute atomic E-state index is 14.0. The van der Waals surface area contributed by atoms with Gasteiger partial charge in [-0.1, -0.05) is 42.1 Å². The summed E-state index contributed by atoms with van der Waals surface area (Å²) in [5.74, 6) is -1.03. The summed E-state index contributed by atoms with van der Waals surface area (Å²) in [5, 5.41) is 17.6. The molecule has 7 nitrogen and oxygen atoms in total. The van der Waals surface area contributed by atoms with E-state index in [1.165, 1.54) is 30.0 Å². The van der Waals surface area contributed by atoms with Gasteiger partial charge in [-0.2, -0.15) is 0 Å². The maximum atomic E-state index is 14.0. The summed E-state index contributed by atoms with van der Waals surface area (Å²) in [6.07, 6.45) is -0.534. The molecule has 5 rings (SSSR count). The Morgan fingerprint density at radius 3 is 2.55 bits per heavy atom. The number of halogens is 1. The van der Waals surface area contributed by atoms with Gasteiger partial charge < -0.3 is 10.4 Å². The van der Waals surface area contributed by atoms with Crippen LogP contribution in [0.25, 0.3) is 11.3 Å². The van der Waals surface area contributed by atoms with Crippen LogP contribution in [0, 0.1) is 5.82 Å². The Bertz CT molecular complexity index is 1420. The fourth-order valence-corrected chi connectivity index (χ4v) is 4.59. The number of carboxylic acid groups (broad SMARTS) is 1. The number of hydrogen-bond acceptors (Lipinski definition) is 5. The van der Waals surface area contributed by atoms with E-state index >= 15 is 0 Å². The molecule has 164 valence electrons. The van der Waals surface area contributed by atoms with Crippen molar-refractivity contribution in [2.24, 2.45) is 0 Å². The number of para-hydroxylation sites is 1. The number of benzene rings is 3. The van der Waals surface area contributed by atoms with Gasteiger partial charge in [-0.05, 0) is 52.7 Å². The molecule has 3 N–H and O–H groups in total. The lowest BCUT2D eigenvalue weighted by Crippen LogP contribution is -2.55.